The van der Waals surface area contributed by atoms with Crippen molar-refractivity contribution in [3.63, 3.8) is 0 Å². The SMILES string of the molecule is CC1(C)CCC2(C(=O)OC3OC(COC4OC(CO)C(O)C(O)C4O)C(O)C(O)C3O)CCC3(C)C(=CCC4C5(C)CCC(OC6OC(CO)C(O)C(OC7OC(CO)C(O)C(O)C7O)C6OC6OCC(O)C(O)C6O)C(C)(C)C5CCC43C)C2C1. The second kappa shape index (κ2) is 24.9. The summed E-state index contributed by atoms with van der Waals surface area (Å²) in [4.78, 5) is 15.2. The van der Waals surface area contributed by atoms with Gasteiger partial charge >= 0.3 is 5.97 Å². The molecule has 32 unspecified atom stereocenters. The van der Waals surface area contributed by atoms with Crippen molar-refractivity contribution in [2.24, 2.45) is 50.2 Å². The maximum absolute atomic E-state index is 15.2. The molecule has 0 aromatic heterocycles. The number of carbonyl (C=O) groups is 1. The van der Waals surface area contributed by atoms with Crippen molar-refractivity contribution in [3.05, 3.63) is 11.6 Å². The summed E-state index contributed by atoms with van der Waals surface area (Å²) in [7, 11) is 0. The van der Waals surface area contributed by atoms with Crippen LogP contribution in [0.5, 0.6) is 0 Å². The zero-order valence-corrected chi connectivity index (χ0v) is 50.0. The first kappa shape index (κ1) is 67.1. The van der Waals surface area contributed by atoms with Crippen LogP contribution in [0.4, 0.5) is 0 Å². The summed E-state index contributed by atoms with van der Waals surface area (Å²) < 4.78 is 60.4. The Morgan fingerprint density at radius 2 is 1.06 bits per heavy atom. The largest absolute Gasteiger partial charge is 0.432 e. The van der Waals surface area contributed by atoms with Crippen molar-refractivity contribution in [2.45, 2.75) is 266 Å². The Balaban J connectivity index is 0.885. The van der Waals surface area contributed by atoms with Gasteiger partial charge in [0.1, 0.15) is 116 Å². The average molecular weight is 1240 g/mol. The first-order valence-corrected chi connectivity index (χ1v) is 30.7. The van der Waals surface area contributed by atoms with Crippen LogP contribution in [-0.4, -0.2) is 274 Å². The van der Waals surface area contributed by atoms with Crippen molar-refractivity contribution in [2.75, 3.05) is 33.0 Å². The molecule has 9 fully saturated rings. The molecule has 0 amide bonds. The van der Waals surface area contributed by atoms with Gasteiger partial charge in [0.05, 0.1) is 44.6 Å². The third-order valence-corrected chi connectivity index (χ3v) is 23.1. The number of ether oxygens (including phenoxy) is 10. The molecule has 27 nitrogen and oxygen atoms in total. The molecule has 5 heterocycles. The molecule has 4 saturated carbocycles. The van der Waals surface area contributed by atoms with E-state index in [9.17, 15) is 81.7 Å². The molecule has 10 aliphatic rings. The molecule has 0 bridgehead atoms. The third kappa shape index (κ3) is 11.3. The molecule has 5 saturated heterocycles. The van der Waals surface area contributed by atoms with E-state index in [1.54, 1.807) is 0 Å². The standard InChI is InChI=1S/C59H96O27/c1-54(2)14-16-59(53(76)86-51-45(75)41(71)37(67)30(82-51)23-78-48-43(73)39(69)35(65)27(19-60)79-48)17-15-57(6)24(25(59)18-54)8-9-32-56(5)12-11-33(55(3,4)31(56)10-13-58(32,57)7)83-52-47(85-49-42(72)34(64)26(63)22-77-49)46(38(68)29(21-62)81-52)84-50-44(74)40(70)36(66)28(20-61)80-50/h8,25-52,60-75H,9-23H2,1-7H3. The van der Waals surface area contributed by atoms with Gasteiger partial charge in [-0.05, 0) is 109 Å². The Morgan fingerprint density at radius 1 is 0.523 bits per heavy atom. The van der Waals surface area contributed by atoms with Gasteiger partial charge in [-0.3, -0.25) is 4.79 Å². The van der Waals surface area contributed by atoms with E-state index in [1.807, 2.05) is 0 Å². The molecule has 10 rings (SSSR count). The summed E-state index contributed by atoms with van der Waals surface area (Å²) in [5.41, 5.74) is -1.63. The third-order valence-electron chi connectivity index (χ3n) is 23.1. The van der Waals surface area contributed by atoms with E-state index in [4.69, 9.17) is 47.4 Å². The summed E-state index contributed by atoms with van der Waals surface area (Å²) in [6.45, 7) is 12.4. The molecule has 0 aromatic carbocycles. The molecular weight excluding hydrogens is 1140 g/mol. The lowest BCUT2D eigenvalue weighted by Crippen LogP contribution is -2.68. The lowest BCUT2D eigenvalue weighted by Gasteiger charge is -2.71. The van der Waals surface area contributed by atoms with Crippen LogP contribution in [0, 0.1) is 50.2 Å². The monoisotopic (exact) mass is 1240 g/mol. The number of rotatable bonds is 14. The number of aliphatic hydroxyl groups is 16. The summed E-state index contributed by atoms with van der Waals surface area (Å²) in [6.07, 6.45) is -31.9. The fourth-order valence-electron chi connectivity index (χ4n) is 17.6. The fraction of sp³-hybridized carbons (Fsp3) is 0.949. The van der Waals surface area contributed by atoms with E-state index >= 15 is 4.79 Å². The molecular formula is C59H96O27. The Kier molecular flexibility index (Phi) is 19.4. The van der Waals surface area contributed by atoms with Crippen molar-refractivity contribution < 1.29 is 134 Å². The highest BCUT2D eigenvalue weighted by Crippen LogP contribution is 2.76. The van der Waals surface area contributed by atoms with Gasteiger partial charge in [-0.15, -0.1) is 0 Å². The molecule has 5 aliphatic heterocycles. The minimum atomic E-state index is -1.92. The Morgan fingerprint density at radius 3 is 1.70 bits per heavy atom. The van der Waals surface area contributed by atoms with Gasteiger partial charge in [-0.2, -0.15) is 0 Å². The van der Waals surface area contributed by atoms with E-state index in [0.717, 1.165) is 12.8 Å². The Hall–Kier alpha value is -1.79. The maximum Gasteiger partial charge on any atom is 0.315 e. The number of hydrogen-bond donors (Lipinski definition) is 16. The van der Waals surface area contributed by atoms with Crippen LogP contribution >= 0.6 is 0 Å². The molecule has 27 heteroatoms. The van der Waals surface area contributed by atoms with Gasteiger partial charge in [0, 0.05) is 0 Å². The van der Waals surface area contributed by atoms with Crippen LogP contribution < -0.4 is 0 Å². The van der Waals surface area contributed by atoms with Crippen molar-refractivity contribution in [1.82, 2.24) is 0 Å². The van der Waals surface area contributed by atoms with Crippen LogP contribution in [0.15, 0.2) is 11.6 Å². The lowest BCUT2D eigenvalue weighted by molar-refractivity contribution is -0.395. The van der Waals surface area contributed by atoms with E-state index in [1.165, 1.54) is 5.57 Å². The van der Waals surface area contributed by atoms with Crippen molar-refractivity contribution >= 4 is 5.97 Å². The average Bonchev–Trinajstić information content (AvgIpc) is 0.700. The van der Waals surface area contributed by atoms with E-state index in [-0.39, 0.29) is 34.0 Å². The molecule has 5 aliphatic carbocycles. The van der Waals surface area contributed by atoms with Crippen LogP contribution in [0.3, 0.4) is 0 Å². The van der Waals surface area contributed by atoms with E-state index < -0.39 is 209 Å². The quantitative estimate of drug-likeness (QED) is 0.0454. The van der Waals surface area contributed by atoms with Gasteiger partial charge < -0.3 is 129 Å². The number of fused-ring (bicyclic) bond motifs is 7. The highest BCUT2D eigenvalue weighted by atomic mass is 16.8. The predicted octanol–water partition coefficient (Wildman–Crippen LogP) is -3.57. The molecule has 494 valence electrons. The van der Waals surface area contributed by atoms with E-state index in [2.05, 4.69) is 54.5 Å². The van der Waals surface area contributed by atoms with Crippen molar-refractivity contribution in [3.8, 4) is 0 Å². The summed E-state index contributed by atoms with van der Waals surface area (Å²) in [5.74, 6) is -0.719. The molecule has 0 aromatic rings. The normalized spacial score (nSPS) is 53.6. The molecule has 32 atom stereocenters. The molecule has 0 spiro atoms. The first-order valence-electron chi connectivity index (χ1n) is 30.7. The lowest BCUT2D eigenvalue weighted by atomic mass is 9.33. The number of aliphatic hydroxyl groups excluding tert-OH is 16. The first-order chi connectivity index (χ1) is 40.3. The van der Waals surface area contributed by atoms with Crippen LogP contribution in [0.1, 0.15) is 113 Å². The number of esters is 1. The zero-order valence-electron chi connectivity index (χ0n) is 50.0. The van der Waals surface area contributed by atoms with Gasteiger partial charge in [0.2, 0.25) is 6.29 Å². The van der Waals surface area contributed by atoms with Gasteiger partial charge in [0.15, 0.2) is 25.2 Å². The second-order valence-electron chi connectivity index (χ2n) is 28.7. The summed E-state index contributed by atoms with van der Waals surface area (Å²) >= 11 is 0. The minimum Gasteiger partial charge on any atom is -0.432 e. The highest BCUT2D eigenvalue weighted by molar-refractivity contribution is 5.79. The maximum atomic E-state index is 15.2. The Bertz CT molecular complexity index is 2380. The molecule has 0 radical (unpaired) electrons. The second-order valence-corrected chi connectivity index (χ2v) is 28.7. The van der Waals surface area contributed by atoms with Crippen molar-refractivity contribution in [1.29, 1.82) is 0 Å². The van der Waals surface area contributed by atoms with Crippen LogP contribution in [0.25, 0.3) is 0 Å². The fourth-order valence-corrected chi connectivity index (χ4v) is 17.6. The smallest absolute Gasteiger partial charge is 0.315 e. The highest BCUT2D eigenvalue weighted by Gasteiger charge is 2.70. The number of hydrogen-bond acceptors (Lipinski definition) is 27. The van der Waals surface area contributed by atoms with Crippen LogP contribution in [0.2, 0.25) is 0 Å². The van der Waals surface area contributed by atoms with Crippen LogP contribution in [-0.2, 0) is 52.2 Å². The summed E-state index contributed by atoms with van der Waals surface area (Å²) in [5, 5.41) is 171. The molecule has 86 heavy (non-hydrogen) atoms. The van der Waals surface area contributed by atoms with E-state index in [0.29, 0.717) is 51.4 Å². The Labute approximate surface area is 499 Å². The predicted molar refractivity (Wildman–Crippen MR) is 289 cm³/mol. The zero-order chi connectivity index (χ0) is 62.7. The van der Waals surface area contributed by atoms with Gasteiger partial charge in [-0.1, -0.05) is 60.1 Å². The molecule has 16 N–H and O–H groups in total. The minimum absolute atomic E-state index is 0.0300. The number of allylic oxidation sites excluding steroid dienone is 2. The summed E-state index contributed by atoms with van der Waals surface area (Å²) in [6, 6.07) is 0. The topological polar surface area (TPSA) is 433 Å². The van der Waals surface area contributed by atoms with Gasteiger partial charge in [0.25, 0.3) is 0 Å². The van der Waals surface area contributed by atoms with Gasteiger partial charge in [-0.25, -0.2) is 0 Å². The number of carbonyl (C=O) groups excluding carboxylic acids is 1.